The molecule has 0 radical (unpaired) electrons. The average molecular weight is 291 g/mol. The normalized spacial score (nSPS) is 14.0. The first-order valence-corrected chi connectivity index (χ1v) is 7.87. The highest BCUT2D eigenvalue weighted by atomic mass is 16.5. The third-order valence-corrected chi connectivity index (χ3v) is 4.38. The fraction of sp³-hybridized carbons (Fsp3) is 0.611. The van der Waals surface area contributed by atoms with Gasteiger partial charge < -0.3 is 4.74 Å². The van der Waals surface area contributed by atoms with Crippen LogP contribution in [0.15, 0.2) is 18.2 Å². The first-order chi connectivity index (χ1) is 9.88. The van der Waals surface area contributed by atoms with E-state index in [-0.39, 0.29) is 11.5 Å². The first-order valence-electron chi connectivity index (χ1n) is 7.87. The number of carbonyl (C=O) groups is 1. The molecule has 118 valence electrons. The van der Waals surface area contributed by atoms with Gasteiger partial charge in [-0.3, -0.25) is 9.69 Å². The molecular formula is C18H29NO2. The molecule has 0 aromatic heterocycles. The van der Waals surface area contributed by atoms with Crippen LogP contribution >= 0.6 is 0 Å². The fourth-order valence-corrected chi connectivity index (χ4v) is 2.89. The minimum Gasteiger partial charge on any atom is -0.466 e. The van der Waals surface area contributed by atoms with E-state index >= 15 is 0 Å². The maximum atomic E-state index is 12.1. The molecule has 1 atom stereocenters. The Labute approximate surface area is 129 Å². The van der Waals surface area contributed by atoms with Gasteiger partial charge in [-0.25, -0.2) is 0 Å². The Morgan fingerprint density at radius 1 is 1.14 bits per heavy atom. The monoisotopic (exact) mass is 291 g/mol. The predicted octanol–water partition coefficient (Wildman–Crippen LogP) is 3.81. The molecule has 1 aromatic rings. The van der Waals surface area contributed by atoms with Gasteiger partial charge in [0.2, 0.25) is 0 Å². The van der Waals surface area contributed by atoms with Crippen LogP contribution in [0.1, 0.15) is 50.8 Å². The lowest BCUT2D eigenvalue weighted by Gasteiger charge is -2.40. The molecule has 3 heteroatoms. The van der Waals surface area contributed by atoms with E-state index < -0.39 is 0 Å². The number of ether oxygens (including phenoxy) is 1. The van der Waals surface area contributed by atoms with Crippen LogP contribution in [-0.4, -0.2) is 30.6 Å². The van der Waals surface area contributed by atoms with Gasteiger partial charge in [0.25, 0.3) is 0 Å². The molecule has 1 aromatic carbocycles. The summed E-state index contributed by atoms with van der Waals surface area (Å²) in [6, 6.07) is 6.48. The molecule has 0 spiro atoms. The number of esters is 1. The number of carbonyl (C=O) groups excluding carboxylic acids is 1. The van der Waals surface area contributed by atoms with Gasteiger partial charge >= 0.3 is 5.97 Å². The molecule has 0 aliphatic heterocycles. The van der Waals surface area contributed by atoms with E-state index in [2.05, 4.69) is 57.7 Å². The Balaban J connectivity index is 3.22. The van der Waals surface area contributed by atoms with E-state index in [1.165, 1.54) is 16.7 Å². The summed E-state index contributed by atoms with van der Waals surface area (Å²) in [5.74, 6) is -0.134. The van der Waals surface area contributed by atoms with Crippen LogP contribution in [0.5, 0.6) is 0 Å². The third-order valence-electron chi connectivity index (χ3n) is 4.38. The summed E-state index contributed by atoms with van der Waals surface area (Å²) < 4.78 is 5.19. The van der Waals surface area contributed by atoms with Gasteiger partial charge in [-0.2, -0.15) is 0 Å². The summed E-state index contributed by atoms with van der Waals surface area (Å²) in [6.07, 6.45) is 0.380. The summed E-state index contributed by atoms with van der Waals surface area (Å²) in [6.45, 7) is 14.7. The van der Waals surface area contributed by atoms with Crippen molar-refractivity contribution in [2.24, 2.45) is 0 Å². The smallest absolute Gasteiger partial charge is 0.307 e. The van der Waals surface area contributed by atoms with Crippen LogP contribution in [0, 0.1) is 13.8 Å². The molecule has 0 aliphatic carbocycles. The molecule has 21 heavy (non-hydrogen) atoms. The van der Waals surface area contributed by atoms with Crippen molar-refractivity contribution in [2.75, 3.05) is 19.7 Å². The highest BCUT2D eigenvalue weighted by Crippen LogP contribution is 2.33. The number of rotatable bonds is 7. The second-order valence-electron chi connectivity index (χ2n) is 5.73. The van der Waals surface area contributed by atoms with Gasteiger partial charge in [-0.1, -0.05) is 32.0 Å². The molecule has 0 aliphatic rings. The summed E-state index contributed by atoms with van der Waals surface area (Å²) in [5, 5.41) is 0. The molecule has 0 fully saturated rings. The molecule has 0 N–H and O–H groups in total. The van der Waals surface area contributed by atoms with Gasteiger partial charge in [-0.05, 0) is 57.5 Å². The van der Waals surface area contributed by atoms with Crippen molar-refractivity contribution in [3.05, 3.63) is 34.9 Å². The van der Waals surface area contributed by atoms with Crippen LogP contribution in [0.3, 0.4) is 0 Å². The summed E-state index contributed by atoms with van der Waals surface area (Å²) in [4.78, 5) is 14.4. The van der Waals surface area contributed by atoms with Crippen molar-refractivity contribution < 1.29 is 9.53 Å². The molecule has 0 saturated carbocycles. The number of aryl methyl sites for hydroxylation is 2. The van der Waals surface area contributed by atoms with Gasteiger partial charge in [0.15, 0.2) is 0 Å². The zero-order valence-electron chi connectivity index (χ0n) is 14.3. The minimum absolute atomic E-state index is 0.134. The van der Waals surface area contributed by atoms with Gasteiger partial charge in [-0.15, -0.1) is 0 Å². The predicted molar refractivity (Wildman–Crippen MR) is 87.4 cm³/mol. The van der Waals surface area contributed by atoms with E-state index in [0.29, 0.717) is 13.0 Å². The Morgan fingerprint density at radius 2 is 1.76 bits per heavy atom. The SMILES string of the molecule is CCOC(=O)CC(C)(c1ccc(C)c(C)c1)N(CC)CC. The molecule has 0 bridgehead atoms. The van der Waals surface area contributed by atoms with Crippen LogP contribution in [0.25, 0.3) is 0 Å². The van der Waals surface area contributed by atoms with Crippen molar-refractivity contribution >= 4 is 5.97 Å². The molecular weight excluding hydrogens is 262 g/mol. The van der Waals surface area contributed by atoms with Gasteiger partial charge in [0, 0.05) is 0 Å². The molecule has 0 amide bonds. The van der Waals surface area contributed by atoms with E-state index in [1.54, 1.807) is 0 Å². The number of hydrogen-bond acceptors (Lipinski definition) is 3. The van der Waals surface area contributed by atoms with Gasteiger partial charge in [0.05, 0.1) is 18.6 Å². The Hall–Kier alpha value is -1.35. The van der Waals surface area contributed by atoms with E-state index in [1.807, 2.05) is 6.92 Å². The van der Waals surface area contributed by atoms with E-state index in [4.69, 9.17) is 4.74 Å². The third kappa shape index (κ3) is 4.07. The second kappa shape index (κ2) is 7.60. The lowest BCUT2D eigenvalue weighted by molar-refractivity contribution is -0.146. The second-order valence-corrected chi connectivity index (χ2v) is 5.73. The van der Waals surface area contributed by atoms with E-state index in [0.717, 1.165) is 13.1 Å². The Kier molecular flexibility index (Phi) is 6.41. The first kappa shape index (κ1) is 17.7. The Bertz CT molecular complexity index is 480. The molecule has 0 saturated heterocycles. The van der Waals surface area contributed by atoms with E-state index in [9.17, 15) is 4.79 Å². The maximum Gasteiger partial charge on any atom is 0.307 e. The van der Waals surface area contributed by atoms with Crippen LogP contribution < -0.4 is 0 Å². The summed E-state index contributed by atoms with van der Waals surface area (Å²) >= 11 is 0. The highest BCUT2D eigenvalue weighted by molar-refractivity contribution is 5.71. The average Bonchev–Trinajstić information content (AvgIpc) is 2.43. The highest BCUT2D eigenvalue weighted by Gasteiger charge is 2.35. The minimum atomic E-state index is -0.325. The van der Waals surface area contributed by atoms with Crippen molar-refractivity contribution in [2.45, 2.75) is 53.5 Å². The lowest BCUT2D eigenvalue weighted by Crippen LogP contribution is -2.45. The van der Waals surface area contributed by atoms with Crippen molar-refractivity contribution in [3.8, 4) is 0 Å². The summed E-state index contributed by atoms with van der Waals surface area (Å²) in [5.41, 5.74) is 3.39. The largest absolute Gasteiger partial charge is 0.466 e. The fourth-order valence-electron chi connectivity index (χ4n) is 2.89. The molecule has 0 heterocycles. The number of benzene rings is 1. The van der Waals surface area contributed by atoms with Crippen molar-refractivity contribution in [3.63, 3.8) is 0 Å². The standard InChI is InChI=1S/C18H29NO2/c1-7-19(8-2)18(6,13-17(20)21-9-3)16-11-10-14(4)15(5)12-16/h10-12H,7-9,13H2,1-6H3. The molecule has 3 nitrogen and oxygen atoms in total. The maximum absolute atomic E-state index is 12.1. The van der Waals surface area contributed by atoms with Crippen molar-refractivity contribution in [1.29, 1.82) is 0 Å². The topological polar surface area (TPSA) is 29.5 Å². The Morgan fingerprint density at radius 3 is 2.24 bits per heavy atom. The lowest BCUT2D eigenvalue weighted by atomic mass is 9.85. The summed E-state index contributed by atoms with van der Waals surface area (Å²) in [7, 11) is 0. The quantitative estimate of drug-likeness (QED) is 0.715. The zero-order chi connectivity index (χ0) is 16.0. The van der Waals surface area contributed by atoms with Gasteiger partial charge in [0.1, 0.15) is 0 Å². The molecule has 1 rings (SSSR count). The number of hydrogen-bond donors (Lipinski definition) is 0. The van der Waals surface area contributed by atoms with Crippen LogP contribution in [-0.2, 0) is 15.1 Å². The van der Waals surface area contributed by atoms with Crippen LogP contribution in [0.2, 0.25) is 0 Å². The number of nitrogens with zero attached hydrogens (tertiary/aromatic N) is 1. The zero-order valence-corrected chi connectivity index (χ0v) is 14.3. The molecule has 1 unspecified atom stereocenters. The van der Waals surface area contributed by atoms with Crippen LogP contribution in [0.4, 0.5) is 0 Å². The van der Waals surface area contributed by atoms with Crippen molar-refractivity contribution in [1.82, 2.24) is 4.90 Å².